The summed E-state index contributed by atoms with van der Waals surface area (Å²) in [6, 6.07) is 4.31. The number of nitrogens with one attached hydrogen (secondary N) is 2. The zero-order valence-corrected chi connectivity index (χ0v) is 11.0. The number of fused-ring (bicyclic) bond motifs is 1. The maximum atomic E-state index is 13.3. The first-order valence-corrected chi connectivity index (χ1v) is 6.04. The molecule has 0 aliphatic heterocycles. The minimum absolute atomic E-state index is 0.0176. The lowest BCUT2D eigenvalue weighted by molar-refractivity contribution is 0.627. The van der Waals surface area contributed by atoms with Crippen LogP contribution in [0.25, 0.3) is 22.6 Å². The van der Waals surface area contributed by atoms with Crippen LogP contribution in [0.15, 0.2) is 27.5 Å². The molecule has 2 heterocycles. The highest BCUT2D eigenvalue weighted by Gasteiger charge is 2.11. The van der Waals surface area contributed by atoms with Gasteiger partial charge in [0.1, 0.15) is 11.6 Å². The molecule has 0 spiro atoms. The number of rotatable bonds is 1. The Morgan fingerprint density at radius 3 is 2.74 bits per heavy atom. The van der Waals surface area contributed by atoms with Crippen molar-refractivity contribution in [3.8, 4) is 11.4 Å². The van der Waals surface area contributed by atoms with E-state index in [4.69, 9.17) is 5.73 Å². The van der Waals surface area contributed by atoms with Gasteiger partial charge in [0.25, 0.3) is 5.56 Å². The van der Waals surface area contributed by atoms with E-state index < -0.39 is 11.4 Å². The summed E-state index contributed by atoms with van der Waals surface area (Å²) < 4.78 is 13.9. The Labute approximate surface area is 114 Å². The third-order valence-electron chi connectivity index (χ3n) is 2.52. The van der Waals surface area contributed by atoms with Crippen LogP contribution in [0.1, 0.15) is 0 Å². The second-order valence-electron chi connectivity index (χ2n) is 3.89. The fraction of sp³-hybridized carbons (Fsp3) is 0. The van der Waals surface area contributed by atoms with Crippen LogP contribution in [0, 0.1) is 5.82 Å². The average molecular weight is 324 g/mol. The van der Waals surface area contributed by atoms with Gasteiger partial charge in [0.15, 0.2) is 11.2 Å². The van der Waals surface area contributed by atoms with Crippen LogP contribution in [0.5, 0.6) is 0 Å². The molecule has 2 aromatic heterocycles. The zero-order valence-electron chi connectivity index (χ0n) is 9.37. The highest BCUT2D eigenvalue weighted by molar-refractivity contribution is 9.10. The molecule has 6 nitrogen and oxygen atoms in total. The molecule has 4 N–H and O–H groups in total. The summed E-state index contributed by atoms with van der Waals surface area (Å²) in [5.41, 5.74) is 5.91. The van der Waals surface area contributed by atoms with Crippen molar-refractivity contribution in [1.82, 2.24) is 19.9 Å². The number of hydrogen-bond acceptors (Lipinski definition) is 4. The number of nitrogens with zero attached hydrogens (tertiary/aromatic N) is 2. The summed E-state index contributed by atoms with van der Waals surface area (Å²) in [6.07, 6.45) is 0. The topological polar surface area (TPSA) is 100 Å². The number of aromatic nitrogens is 4. The Morgan fingerprint density at radius 2 is 2.00 bits per heavy atom. The van der Waals surface area contributed by atoms with Crippen molar-refractivity contribution in [3.05, 3.63) is 38.8 Å². The molecule has 0 unspecified atom stereocenters. The van der Waals surface area contributed by atoms with E-state index in [2.05, 4.69) is 35.9 Å². The third kappa shape index (κ3) is 2.10. The van der Waals surface area contributed by atoms with E-state index >= 15 is 0 Å². The van der Waals surface area contributed by atoms with Crippen molar-refractivity contribution in [2.24, 2.45) is 0 Å². The smallest absolute Gasteiger partial charge is 0.278 e. The van der Waals surface area contributed by atoms with Crippen molar-refractivity contribution in [2.45, 2.75) is 0 Å². The summed E-state index contributed by atoms with van der Waals surface area (Å²) in [4.78, 5) is 24.8. The predicted octanol–water partition coefficient (Wildman–Crippen LogP) is 1.80. The van der Waals surface area contributed by atoms with Crippen LogP contribution in [-0.4, -0.2) is 19.9 Å². The van der Waals surface area contributed by atoms with Gasteiger partial charge in [0, 0.05) is 10.0 Å². The van der Waals surface area contributed by atoms with E-state index in [9.17, 15) is 9.18 Å². The molecular formula is C11H7BrFN5O. The van der Waals surface area contributed by atoms with E-state index in [-0.39, 0.29) is 17.1 Å². The number of halogens is 2. The van der Waals surface area contributed by atoms with Gasteiger partial charge in [-0.05, 0) is 18.2 Å². The van der Waals surface area contributed by atoms with E-state index in [1.807, 2.05) is 0 Å². The molecule has 8 heteroatoms. The van der Waals surface area contributed by atoms with Crippen molar-refractivity contribution in [2.75, 3.05) is 5.73 Å². The molecule has 0 aliphatic rings. The van der Waals surface area contributed by atoms with Crippen LogP contribution >= 0.6 is 15.9 Å². The molecule has 0 fully saturated rings. The number of nitrogens with two attached hydrogens (primary N) is 1. The maximum absolute atomic E-state index is 13.3. The van der Waals surface area contributed by atoms with E-state index in [0.29, 0.717) is 15.9 Å². The molecule has 0 bridgehead atoms. The Bertz CT molecular complexity index is 820. The van der Waals surface area contributed by atoms with Gasteiger partial charge < -0.3 is 10.7 Å². The van der Waals surface area contributed by atoms with Crippen LogP contribution in [0.3, 0.4) is 0 Å². The molecule has 0 aliphatic carbocycles. The number of aromatic amines is 2. The summed E-state index contributed by atoms with van der Waals surface area (Å²) in [5.74, 6) is -0.0824. The number of benzene rings is 1. The van der Waals surface area contributed by atoms with Crippen LogP contribution in [0.4, 0.5) is 10.3 Å². The van der Waals surface area contributed by atoms with Crippen molar-refractivity contribution in [3.63, 3.8) is 0 Å². The van der Waals surface area contributed by atoms with E-state index in [1.54, 1.807) is 6.07 Å². The minimum Gasteiger partial charge on any atom is -0.369 e. The molecular weight excluding hydrogens is 317 g/mol. The van der Waals surface area contributed by atoms with Crippen molar-refractivity contribution in [1.29, 1.82) is 0 Å². The van der Waals surface area contributed by atoms with Gasteiger partial charge in [-0.3, -0.25) is 9.78 Å². The molecule has 0 radical (unpaired) electrons. The molecule has 3 aromatic rings. The number of hydrogen-bond donors (Lipinski definition) is 3. The Morgan fingerprint density at radius 1 is 1.21 bits per heavy atom. The van der Waals surface area contributed by atoms with Crippen LogP contribution in [0.2, 0.25) is 0 Å². The highest BCUT2D eigenvalue weighted by Crippen LogP contribution is 2.23. The van der Waals surface area contributed by atoms with Gasteiger partial charge in [0.2, 0.25) is 5.95 Å². The SMILES string of the molecule is Nc1nc2nc(-c3cc(F)cc(Br)c3)[nH]c2c(=O)[nH]1. The molecule has 0 saturated heterocycles. The molecule has 19 heavy (non-hydrogen) atoms. The molecule has 1 aromatic carbocycles. The van der Waals surface area contributed by atoms with Crippen LogP contribution < -0.4 is 11.3 Å². The van der Waals surface area contributed by atoms with Gasteiger partial charge in [-0.25, -0.2) is 9.37 Å². The fourth-order valence-corrected chi connectivity index (χ4v) is 2.22. The summed E-state index contributed by atoms with van der Waals surface area (Å²) in [5, 5.41) is 0. The number of nitrogen functional groups attached to an aromatic ring is 1. The quantitative estimate of drug-likeness (QED) is 0.635. The number of H-pyrrole nitrogens is 2. The fourth-order valence-electron chi connectivity index (χ4n) is 1.75. The van der Waals surface area contributed by atoms with Crippen molar-refractivity contribution >= 4 is 33.0 Å². The van der Waals surface area contributed by atoms with Gasteiger partial charge in [-0.1, -0.05) is 15.9 Å². The molecule has 3 rings (SSSR count). The largest absolute Gasteiger partial charge is 0.369 e. The molecule has 0 atom stereocenters. The lowest BCUT2D eigenvalue weighted by Gasteiger charge is -1.98. The predicted molar refractivity (Wildman–Crippen MR) is 72.0 cm³/mol. The first-order valence-electron chi connectivity index (χ1n) is 5.25. The number of anilines is 1. The number of imidazole rings is 1. The normalized spacial score (nSPS) is 11.1. The summed E-state index contributed by atoms with van der Waals surface area (Å²) >= 11 is 3.19. The lowest BCUT2D eigenvalue weighted by Crippen LogP contribution is -2.10. The Hall–Kier alpha value is -2.22. The molecule has 96 valence electrons. The molecule has 0 amide bonds. The zero-order chi connectivity index (χ0) is 13.6. The Balaban J connectivity index is 2.26. The first kappa shape index (κ1) is 11.8. The minimum atomic E-state index is -0.420. The Kier molecular flexibility index (Phi) is 2.59. The van der Waals surface area contributed by atoms with E-state index in [0.717, 1.165) is 0 Å². The van der Waals surface area contributed by atoms with E-state index in [1.165, 1.54) is 12.1 Å². The second kappa shape index (κ2) is 4.16. The molecule has 0 saturated carbocycles. The summed E-state index contributed by atoms with van der Waals surface area (Å²) in [7, 11) is 0. The average Bonchev–Trinajstić information content (AvgIpc) is 2.71. The first-order chi connectivity index (χ1) is 9.02. The van der Waals surface area contributed by atoms with Gasteiger partial charge in [0.05, 0.1) is 0 Å². The van der Waals surface area contributed by atoms with Crippen molar-refractivity contribution < 1.29 is 4.39 Å². The lowest BCUT2D eigenvalue weighted by atomic mass is 10.2. The highest BCUT2D eigenvalue weighted by atomic mass is 79.9. The third-order valence-corrected chi connectivity index (χ3v) is 2.97. The van der Waals surface area contributed by atoms with Gasteiger partial charge in [-0.2, -0.15) is 4.98 Å². The second-order valence-corrected chi connectivity index (χ2v) is 4.81. The van der Waals surface area contributed by atoms with Crippen LogP contribution in [-0.2, 0) is 0 Å². The van der Waals surface area contributed by atoms with Gasteiger partial charge >= 0.3 is 0 Å². The monoisotopic (exact) mass is 323 g/mol. The maximum Gasteiger partial charge on any atom is 0.278 e. The summed E-state index contributed by atoms with van der Waals surface area (Å²) in [6.45, 7) is 0. The van der Waals surface area contributed by atoms with Gasteiger partial charge in [-0.15, -0.1) is 0 Å². The standard InChI is InChI=1S/C11H7BrFN5O/c12-5-1-4(2-6(13)3-5)8-15-7-9(16-8)17-11(14)18-10(7)19/h1-3H,(H4,14,15,16,17,18,19).